The Morgan fingerprint density at radius 1 is 0.974 bits per heavy atom. The van der Waals surface area contributed by atoms with Crippen molar-refractivity contribution in [3.63, 3.8) is 0 Å². The molecule has 8 heteroatoms. The van der Waals surface area contributed by atoms with Gasteiger partial charge in [-0.05, 0) is 78.8 Å². The summed E-state index contributed by atoms with van der Waals surface area (Å²) in [6.07, 6.45) is 1.68. The molecule has 1 fully saturated rings. The molecule has 2 aliphatic rings. The molecular weight excluding hydrogens is 501 g/mol. The molecule has 4 aromatic rings. The van der Waals surface area contributed by atoms with Gasteiger partial charge in [-0.3, -0.25) is 4.79 Å². The first-order valence-electron chi connectivity index (χ1n) is 13.0. The standard InChI is InChI=1S/C30H30FN3O3S/c1-20-30(26-8-3-4-9-28(26)34(20)19-21-6-5-7-24(31)16-21)22-12-14-33(15-13-22)38(36,37)25-10-11-27-23(17-25)18-29(35)32(27)2/h3-11,16-17,22H,12-15,18-19H2,1-2H3. The van der Waals surface area contributed by atoms with Crippen molar-refractivity contribution in [2.75, 3.05) is 25.0 Å². The van der Waals surface area contributed by atoms with E-state index in [0.29, 0.717) is 19.6 Å². The van der Waals surface area contributed by atoms with E-state index in [1.54, 1.807) is 46.6 Å². The molecular formula is C30H30FN3O3S. The average Bonchev–Trinajstić information content (AvgIpc) is 3.35. The largest absolute Gasteiger partial charge is 0.340 e. The maximum absolute atomic E-state index is 13.9. The number of piperidine rings is 1. The minimum atomic E-state index is -3.65. The number of para-hydroxylation sites is 1. The molecule has 196 valence electrons. The SMILES string of the molecule is Cc1c(C2CCN(S(=O)(=O)c3ccc4c(c3)CC(=O)N4C)CC2)c2ccccc2n1Cc1cccc(F)c1. The third kappa shape index (κ3) is 4.12. The van der Waals surface area contributed by atoms with E-state index in [4.69, 9.17) is 0 Å². The number of sulfonamides is 1. The molecule has 3 aromatic carbocycles. The van der Waals surface area contributed by atoms with Gasteiger partial charge in [0, 0.05) is 49.0 Å². The highest BCUT2D eigenvalue weighted by Crippen LogP contribution is 2.39. The lowest BCUT2D eigenvalue weighted by Crippen LogP contribution is -2.38. The van der Waals surface area contributed by atoms with E-state index >= 15 is 0 Å². The topological polar surface area (TPSA) is 62.6 Å². The normalized spacial score (nSPS) is 16.9. The summed E-state index contributed by atoms with van der Waals surface area (Å²) in [6.45, 7) is 3.56. The number of aromatic nitrogens is 1. The van der Waals surface area contributed by atoms with Crippen LogP contribution in [0.2, 0.25) is 0 Å². The summed E-state index contributed by atoms with van der Waals surface area (Å²) in [7, 11) is -1.94. The van der Waals surface area contributed by atoms with Crippen LogP contribution in [0.3, 0.4) is 0 Å². The quantitative estimate of drug-likeness (QED) is 0.355. The zero-order valence-electron chi connectivity index (χ0n) is 21.5. The Morgan fingerprint density at radius 2 is 1.74 bits per heavy atom. The average molecular weight is 532 g/mol. The van der Waals surface area contributed by atoms with E-state index in [-0.39, 0.29) is 29.0 Å². The van der Waals surface area contributed by atoms with Crippen molar-refractivity contribution in [3.8, 4) is 0 Å². The van der Waals surface area contributed by atoms with Gasteiger partial charge in [0.05, 0.1) is 11.3 Å². The molecule has 0 unspecified atom stereocenters. The highest BCUT2D eigenvalue weighted by Gasteiger charge is 2.33. The fraction of sp³-hybridized carbons (Fsp3) is 0.300. The smallest absolute Gasteiger partial charge is 0.243 e. The van der Waals surface area contributed by atoms with Gasteiger partial charge in [0.25, 0.3) is 0 Å². The maximum atomic E-state index is 13.9. The van der Waals surface area contributed by atoms with E-state index < -0.39 is 10.0 Å². The highest BCUT2D eigenvalue weighted by atomic mass is 32.2. The van der Waals surface area contributed by atoms with Crippen LogP contribution in [0, 0.1) is 12.7 Å². The van der Waals surface area contributed by atoms with Gasteiger partial charge in [-0.2, -0.15) is 4.31 Å². The van der Waals surface area contributed by atoms with Crippen LogP contribution in [0.5, 0.6) is 0 Å². The van der Waals surface area contributed by atoms with Gasteiger partial charge in [-0.25, -0.2) is 12.8 Å². The number of benzene rings is 3. The van der Waals surface area contributed by atoms with E-state index in [2.05, 4.69) is 23.6 Å². The minimum Gasteiger partial charge on any atom is -0.340 e. The number of rotatable bonds is 5. The lowest BCUT2D eigenvalue weighted by molar-refractivity contribution is -0.117. The molecule has 1 amide bonds. The third-order valence-electron chi connectivity index (χ3n) is 8.14. The van der Waals surface area contributed by atoms with Crippen molar-refractivity contribution in [3.05, 3.63) is 94.9 Å². The summed E-state index contributed by atoms with van der Waals surface area (Å²) >= 11 is 0. The summed E-state index contributed by atoms with van der Waals surface area (Å²) < 4.78 is 44.7. The first-order chi connectivity index (χ1) is 18.2. The molecule has 1 saturated heterocycles. The number of likely N-dealkylation sites (N-methyl/N-ethyl adjacent to an activating group) is 1. The zero-order chi connectivity index (χ0) is 26.6. The number of hydrogen-bond donors (Lipinski definition) is 0. The van der Waals surface area contributed by atoms with Crippen LogP contribution in [0.4, 0.5) is 10.1 Å². The van der Waals surface area contributed by atoms with Crippen LogP contribution in [0.15, 0.2) is 71.6 Å². The van der Waals surface area contributed by atoms with Crippen LogP contribution < -0.4 is 4.90 Å². The molecule has 1 aromatic heterocycles. The Bertz CT molecular complexity index is 1670. The molecule has 0 N–H and O–H groups in total. The Labute approximate surface area is 222 Å². The monoisotopic (exact) mass is 531 g/mol. The number of carbonyl (C=O) groups is 1. The van der Waals surface area contributed by atoms with Crippen LogP contribution in [0.25, 0.3) is 10.9 Å². The third-order valence-corrected chi connectivity index (χ3v) is 10.0. The summed E-state index contributed by atoms with van der Waals surface area (Å²) in [5.74, 6) is -0.0406. The minimum absolute atomic E-state index is 0.0257. The predicted molar refractivity (Wildman–Crippen MR) is 146 cm³/mol. The molecule has 0 saturated carbocycles. The molecule has 6 nitrogen and oxygen atoms in total. The Balaban J connectivity index is 1.25. The van der Waals surface area contributed by atoms with Crippen molar-refractivity contribution in [1.82, 2.24) is 8.87 Å². The van der Waals surface area contributed by atoms with Gasteiger partial charge in [-0.15, -0.1) is 0 Å². The fourth-order valence-corrected chi connectivity index (χ4v) is 7.66. The van der Waals surface area contributed by atoms with Crippen molar-refractivity contribution in [2.45, 2.75) is 43.5 Å². The zero-order valence-corrected chi connectivity index (χ0v) is 22.3. The first kappa shape index (κ1) is 24.8. The first-order valence-corrected chi connectivity index (χ1v) is 14.4. The van der Waals surface area contributed by atoms with Crippen LogP contribution >= 0.6 is 0 Å². The number of halogens is 1. The van der Waals surface area contributed by atoms with Crippen molar-refractivity contribution in [1.29, 1.82) is 0 Å². The second-order valence-corrected chi connectivity index (χ2v) is 12.3. The number of fused-ring (bicyclic) bond motifs is 2. The van der Waals surface area contributed by atoms with Crippen LogP contribution in [0.1, 0.15) is 41.1 Å². The second kappa shape index (κ2) is 9.36. The molecule has 3 heterocycles. The highest BCUT2D eigenvalue weighted by molar-refractivity contribution is 7.89. The predicted octanol–water partition coefficient (Wildman–Crippen LogP) is 5.22. The summed E-state index contributed by atoms with van der Waals surface area (Å²) in [5.41, 5.74) is 5.95. The van der Waals surface area contributed by atoms with Gasteiger partial charge >= 0.3 is 0 Å². The molecule has 0 atom stereocenters. The van der Waals surface area contributed by atoms with Crippen molar-refractivity contribution < 1.29 is 17.6 Å². The summed E-state index contributed by atoms with van der Waals surface area (Å²) in [5, 5.41) is 1.18. The molecule has 2 aliphatic heterocycles. The lowest BCUT2D eigenvalue weighted by Gasteiger charge is -2.32. The lowest BCUT2D eigenvalue weighted by atomic mass is 9.88. The van der Waals surface area contributed by atoms with Crippen molar-refractivity contribution in [2.24, 2.45) is 0 Å². The Kier molecular flexibility index (Phi) is 6.12. The maximum Gasteiger partial charge on any atom is 0.243 e. The molecule has 0 bridgehead atoms. The van der Waals surface area contributed by atoms with E-state index in [1.165, 1.54) is 17.0 Å². The number of hydrogen-bond acceptors (Lipinski definition) is 3. The summed E-state index contributed by atoms with van der Waals surface area (Å²) in [6, 6.07) is 20.0. The number of anilines is 1. The van der Waals surface area contributed by atoms with E-state index in [1.807, 2.05) is 18.2 Å². The van der Waals surface area contributed by atoms with Crippen LogP contribution in [-0.2, 0) is 27.8 Å². The number of carbonyl (C=O) groups excluding carboxylic acids is 1. The molecule has 0 spiro atoms. The Morgan fingerprint density at radius 3 is 2.50 bits per heavy atom. The van der Waals surface area contributed by atoms with Gasteiger partial charge in [0.15, 0.2) is 0 Å². The van der Waals surface area contributed by atoms with Gasteiger partial charge in [0.2, 0.25) is 15.9 Å². The number of nitrogens with zero attached hydrogens (tertiary/aromatic N) is 3. The number of amides is 1. The second-order valence-electron chi connectivity index (χ2n) is 10.3. The van der Waals surface area contributed by atoms with Gasteiger partial charge < -0.3 is 9.47 Å². The molecule has 0 radical (unpaired) electrons. The van der Waals surface area contributed by atoms with Gasteiger partial charge in [0.1, 0.15) is 5.82 Å². The van der Waals surface area contributed by atoms with E-state index in [9.17, 15) is 17.6 Å². The molecule has 0 aliphatic carbocycles. The summed E-state index contributed by atoms with van der Waals surface area (Å²) in [4.78, 5) is 13.9. The molecule has 6 rings (SSSR count). The molecule has 38 heavy (non-hydrogen) atoms. The van der Waals surface area contributed by atoms with Crippen molar-refractivity contribution >= 4 is 32.5 Å². The fourth-order valence-electron chi connectivity index (χ4n) is 6.14. The van der Waals surface area contributed by atoms with Gasteiger partial charge in [-0.1, -0.05) is 30.3 Å². The van der Waals surface area contributed by atoms with E-state index in [0.717, 1.165) is 40.9 Å². The Hall–Kier alpha value is -3.49. The van der Waals surface area contributed by atoms with Crippen LogP contribution in [-0.4, -0.2) is 43.3 Å².